The molecule has 1 aromatic carbocycles. The zero-order valence-corrected chi connectivity index (χ0v) is 12.6. The molecule has 4 nitrogen and oxygen atoms in total. The minimum atomic E-state index is -3.67. The summed E-state index contributed by atoms with van der Waals surface area (Å²) < 4.78 is 23.1. The fourth-order valence-corrected chi connectivity index (χ4v) is 4.44. The maximum absolute atomic E-state index is 11.6. The summed E-state index contributed by atoms with van der Waals surface area (Å²) in [5, 5.41) is 9.18. The quantitative estimate of drug-likeness (QED) is 0.876. The van der Waals surface area contributed by atoms with E-state index in [0.717, 1.165) is 12.2 Å². The Morgan fingerprint density at radius 3 is 2.79 bits per heavy atom. The monoisotopic (exact) mass is 300 g/mol. The Bertz CT molecular complexity index is 531. The van der Waals surface area contributed by atoms with E-state index < -0.39 is 10.0 Å². The first-order valence-electron chi connectivity index (χ1n) is 6.52. The molecule has 1 aromatic rings. The number of thioether (sulfide) groups is 1. The molecule has 3 N–H and O–H groups in total. The van der Waals surface area contributed by atoms with Crippen molar-refractivity contribution in [2.75, 3.05) is 11.1 Å². The zero-order chi connectivity index (χ0) is 13.9. The van der Waals surface area contributed by atoms with Crippen LogP contribution in [0.1, 0.15) is 26.2 Å². The van der Waals surface area contributed by atoms with E-state index in [1.54, 1.807) is 18.2 Å². The molecule has 1 saturated carbocycles. The van der Waals surface area contributed by atoms with Crippen LogP contribution < -0.4 is 10.5 Å². The SMILES string of the molecule is CCSC1CCCC1Nc1ccccc1S(N)(=O)=O. The highest BCUT2D eigenvalue weighted by molar-refractivity contribution is 7.99. The maximum atomic E-state index is 11.6. The van der Waals surface area contributed by atoms with Gasteiger partial charge < -0.3 is 5.32 Å². The van der Waals surface area contributed by atoms with Crippen LogP contribution in [0.25, 0.3) is 0 Å². The molecular formula is C13H20N2O2S2. The van der Waals surface area contributed by atoms with E-state index in [2.05, 4.69) is 12.2 Å². The number of hydrogen-bond donors (Lipinski definition) is 2. The lowest BCUT2D eigenvalue weighted by molar-refractivity contribution is 0.598. The smallest absolute Gasteiger partial charge is 0.240 e. The van der Waals surface area contributed by atoms with Crippen molar-refractivity contribution in [1.29, 1.82) is 0 Å². The second-order valence-electron chi connectivity index (χ2n) is 4.72. The third-order valence-electron chi connectivity index (χ3n) is 3.37. The highest BCUT2D eigenvalue weighted by Gasteiger charge is 2.28. The lowest BCUT2D eigenvalue weighted by Gasteiger charge is -2.22. The molecule has 0 saturated heterocycles. The van der Waals surface area contributed by atoms with Crippen LogP contribution in [0, 0.1) is 0 Å². The van der Waals surface area contributed by atoms with Crippen molar-refractivity contribution in [3.05, 3.63) is 24.3 Å². The largest absolute Gasteiger partial charge is 0.380 e. The molecule has 0 aliphatic heterocycles. The van der Waals surface area contributed by atoms with Gasteiger partial charge >= 0.3 is 0 Å². The molecule has 1 aliphatic rings. The van der Waals surface area contributed by atoms with Gasteiger partial charge in [0.25, 0.3) is 0 Å². The molecule has 0 bridgehead atoms. The highest BCUT2D eigenvalue weighted by Crippen LogP contribution is 2.33. The summed E-state index contributed by atoms with van der Waals surface area (Å²) in [6.45, 7) is 2.15. The van der Waals surface area contributed by atoms with Gasteiger partial charge in [0.15, 0.2) is 0 Å². The van der Waals surface area contributed by atoms with Gasteiger partial charge in [-0.25, -0.2) is 13.6 Å². The normalized spacial score (nSPS) is 23.5. The van der Waals surface area contributed by atoms with E-state index in [-0.39, 0.29) is 4.90 Å². The van der Waals surface area contributed by atoms with Crippen molar-refractivity contribution in [3.63, 3.8) is 0 Å². The third-order valence-corrected chi connectivity index (χ3v) is 5.66. The van der Waals surface area contributed by atoms with Crippen molar-refractivity contribution in [2.24, 2.45) is 5.14 Å². The van der Waals surface area contributed by atoms with Crippen LogP contribution in [-0.2, 0) is 10.0 Å². The van der Waals surface area contributed by atoms with Crippen molar-refractivity contribution in [2.45, 2.75) is 42.4 Å². The second-order valence-corrected chi connectivity index (χ2v) is 7.76. The molecule has 0 amide bonds. The number of hydrogen-bond acceptors (Lipinski definition) is 4. The molecule has 6 heteroatoms. The Hall–Kier alpha value is -0.720. The Labute approximate surface area is 119 Å². The predicted octanol–water partition coefficient (Wildman–Crippen LogP) is 2.42. The molecule has 0 heterocycles. The summed E-state index contributed by atoms with van der Waals surface area (Å²) in [7, 11) is -3.67. The molecule has 2 rings (SSSR count). The van der Waals surface area contributed by atoms with Gasteiger partial charge in [-0.3, -0.25) is 0 Å². The summed E-state index contributed by atoms with van der Waals surface area (Å²) in [6.07, 6.45) is 3.46. The molecule has 19 heavy (non-hydrogen) atoms. The van der Waals surface area contributed by atoms with Crippen LogP contribution in [0.15, 0.2) is 29.2 Å². The minimum absolute atomic E-state index is 0.183. The van der Waals surface area contributed by atoms with E-state index in [9.17, 15) is 8.42 Å². The topological polar surface area (TPSA) is 72.2 Å². The molecule has 1 fully saturated rings. The van der Waals surface area contributed by atoms with Crippen LogP contribution in [0.3, 0.4) is 0 Å². The van der Waals surface area contributed by atoms with E-state index >= 15 is 0 Å². The van der Waals surface area contributed by atoms with E-state index in [0.29, 0.717) is 17.0 Å². The van der Waals surface area contributed by atoms with Gasteiger partial charge in [0.2, 0.25) is 10.0 Å². The predicted molar refractivity (Wildman–Crippen MR) is 81.0 cm³/mol. The molecule has 2 atom stereocenters. The van der Waals surface area contributed by atoms with Crippen LogP contribution in [0.4, 0.5) is 5.69 Å². The van der Waals surface area contributed by atoms with Gasteiger partial charge in [0.1, 0.15) is 4.90 Å². The molecule has 1 aliphatic carbocycles. The van der Waals surface area contributed by atoms with Crippen LogP contribution in [0.5, 0.6) is 0 Å². The van der Waals surface area contributed by atoms with Crippen molar-refractivity contribution >= 4 is 27.5 Å². The standard InChI is InChI=1S/C13H20N2O2S2/c1-2-18-12-8-5-7-10(12)15-11-6-3-4-9-13(11)19(14,16)17/h3-4,6,9-10,12,15H,2,5,7-8H2,1H3,(H2,14,16,17). The van der Waals surface area contributed by atoms with Crippen molar-refractivity contribution in [3.8, 4) is 0 Å². The van der Waals surface area contributed by atoms with Crippen molar-refractivity contribution in [1.82, 2.24) is 0 Å². The Morgan fingerprint density at radius 2 is 2.11 bits per heavy atom. The fraction of sp³-hybridized carbons (Fsp3) is 0.538. The van der Waals surface area contributed by atoms with Crippen LogP contribution in [-0.4, -0.2) is 25.5 Å². The fourth-order valence-electron chi connectivity index (χ4n) is 2.54. The van der Waals surface area contributed by atoms with Gasteiger partial charge in [0.05, 0.1) is 5.69 Å². The number of rotatable bonds is 5. The summed E-state index contributed by atoms with van der Waals surface area (Å²) in [5.41, 5.74) is 0.624. The average Bonchev–Trinajstić information content (AvgIpc) is 2.77. The number of primary sulfonamides is 1. The van der Waals surface area contributed by atoms with Gasteiger partial charge in [-0.15, -0.1) is 0 Å². The number of nitrogens with one attached hydrogen (secondary N) is 1. The Balaban J connectivity index is 2.19. The molecule has 0 spiro atoms. The first-order chi connectivity index (χ1) is 9.02. The third kappa shape index (κ3) is 3.64. The van der Waals surface area contributed by atoms with Gasteiger partial charge in [-0.2, -0.15) is 11.8 Å². The van der Waals surface area contributed by atoms with Crippen molar-refractivity contribution < 1.29 is 8.42 Å². The minimum Gasteiger partial charge on any atom is -0.380 e. The van der Waals surface area contributed by atoms with Gasteiger partial charge in [-0.1, -0.05) is 25.5 Å². The molecule has 0 radical (unpaired) electrons. The lowest BCUT2D eigenvalue weighted by Crippen LogP contribution is -2.27. The Morgan fingerprint density at radius 1 is 1.37 bits per heavy atom. The number of benzene rings is 1. The lowest BCUT2D eigenvalue weighted by atomic mass is 10.2. The summed E-state index contributed by atoms with van der Waals surface area (Å²) in [4.78, 5) is 0.183. The second kappa shape index (κ2) is 6.15. The van der Waals surface area contributed by atoms with Gasteiger partial charge in [-0.05, 0) is 30.7 Å². The first kappa shape index (κ1) is 14.7. The number of para-hydroxylation sites is 1. The van der Waals surface area contributed by atoms with Crippen LogP contribution >= 0.6 is 11.8 Å². The zero-order valence-electron chi connectivity index (χ0n) is 11.0. The summed E-state index contributed by atoms with van der Waals surface area (Å²) >= 11 is 1.94. The van der Waals surface area contributed by atoms with E-state index in [1.807, 2.05) is 17.8 Å². The number of anilines is 1. The first-order valence-corrected chi connectivity index (χ1v) is 9.12. The van der Waals surface area contributed by atoms with E-state index in [1.165, 1.54) is 12.8 Å². The molecule has 0 aromatic heterocycles. The maximum Gasteiger partial charge on any atom is 0.240 e. The number of nitrogens with two attached hydrogens (primary N) is 1. The average molecular weight is 300 g/mol. The Kier molecular flexibility index (Phi) is 4.76. The highest BCUT2D eigenvalue weighted by atomic mass is 32.2. The van der Waals surface area contributed by atoms with Gasteiger partial charge in [0, 0.05) is 11.3 Å². The molecule has 2 unspecified atom stereocenters. The summed E-state index contributed by atoms with van der Waals surface area (Å²) in [5.74, 6) is 1.08. The molecular weight excluding hydrogens is 280 g/mol. The summed E-state index contributed by atoms with van der Waals surface area (Å²) in [6, 6.07) is 7.18. The van der Waals surface area contributed by atoms with E-state index in [4.69, 9.17) is 5.14 Å². The van der Waals surface area contributed by atoms with Crippen LogP contribution in [0.2, 0.25) is 0 Å². The number of sulfonamides is 1. The molecule has 106 valence electrons.